The highest BCUT2D eigenvalue weighted by Gasteiger charge is 2.06. The zero-order valence-corrected chi connectivity index (χ0v) is 12.3. The van der Waals surface area contributed by atoms with Crippen molar-refractivity contribution in [3.05, 3.63) is 58.6 Å². The molecule has 0 atom stereocenters. The summed E-state index contributed by atoms with van der Waals surface area (Å²) in [7, 11) is 1.52. The van der Waals surface area contributed by atoms with Crippen LogP contribution in [0.15, 0.2) is 42.5 Å². The lowest BCUT2D eigenvalue weighted by molar-refractivity contribution is 0.0503. The SMILES string of the molecule is COCOc1cc(OCc2ccc(Cl)cc2)ccc1C=O. The Hall–Kier alpha value is -2.04. The Morgan fingerprint density at radius 2 is 1.86 bits per heavy atom. The van der Waals surface area contributed by atoms with Crippen molar-refractivity contribution in [2.75, 3.05) is 13.9 Å². The number of ether oxygens (including phenoxy) is 3. The third kappa shape index (κ3) is 4.48. The first-order valence-corrected chi connectivity index (χ1v) is 6.69. The zero-order valence-electron chi connectivity index (χ0n) is 11.5. The second-order valence-electron chi connectivity index (χ2n) is 4.28. The Morgan fingerprint density at radius 1 is 1.10 bits per heavy atom. The standard InChI is InChI=1S/C16H15ClO4/c1-19-11-21-16-8-15(7-4-13(16)9-18)20-10-12-2-5-14(17)6-3-12/h2-9H,10-11H2,1H3. The summed E-state index contributed by atoms with van der Waals surface area (Å²) in [5.74, 6) is 1.04. The van der Waals surface area contributed by atoms with Gasteiger partial charge in [-0.05, 0) is 29.8 Å². The van der Waals surface area contributed by atoms with Gasteiger partial charge in [0.25, 0.3) is 0 Å². The first-order chi connectivity index (χ1) is 10.2. The molecule has 2 aromatic carbocycles. The third-order valence-electron chi connectivity index (χ3n) is 2.76. The fraction of sp³-hybridized carbons (Fsp3) is 0.188. The van der Waals surface area contributed by atoms with Crippen LogP contribution in [0.1, 0.15) is 15.9 Å². The van der Waals surface area contributed by atoms with Gasteiger partial charge in [0.05, 0.1) is 5.56 Å². The molecule has 0 saturated heterocycles. The summed E-state index contributed by atoms with van der Waals surface area (Å²) in [6.07, 6.45) is 0.730. The first kappa shape index (κ1) is 15.4. The summed E-state index contributed by atoms with van der Waals surface area (Å²) in [6, 6.07) is 12.4. The molecule has 0 spiro atoms. The number of carbonyl (C=O) groups excluding carboxylic acids is 1. The van der Waals surface area contributed by atoms with E-state index < -0.39 is 0 Å². The maximum Gasteiger partial charge on any atom is 0.188 e. The van der Waals surface area contributed by atoms with E-state index in [2.05, 4.69) is 0 Å². The van der Waals surface area contributed by atoms with E-state index >= 15 is 0 Å². The van der Waals surface area contributed by atoms with Crippen LogP contribution >= 0.6 is 11.6 Å². The zero-order chi connectivity index (χ0) is 15.1. The van der Waals surface area contributed by atoms with Crippen LogP contribution in [0.2, 0.25) is 5.02 Å². The van der Waals surface area contributed by atoms with Crippen molar-refractivity contribution >= 4 is 17.9 Å². The Bertz CT molecular complexity index is 596. The summed E-state index contributed by atoms with van der Waals surface area (Å²) in [6.45, 7) is 0.475. The predicted molar refractivity (Wildman–Crippen MR) is 80.1 cm³/mol. The van der Waals surface area contributed by atoms with Crippen molar-refractivity contribution < 1.29 is 19.0 Å². The van der Waals surface area contributed by atoms with E-state index in [9.17, 15) is 4.79 Å². The molecule has 0 heterocycles. The second kappa shape index (κ2) is 7.67. The highest BCUT2D eigenvalue weighted by atomic mass is 35.5. The maximum absolute atomic E-state index is 10.9. The molecule has 0 amide bonds. The smallest absolute Gasteiger partial charge is 0.188 e. The highest BCUT2D eigenvalue weighted by Crippen LogP contribution is 2.24. The van der Waals surface area contributed by atoms with Crippen LogP contribution in [0, 0.1) is 0 Å². The summed E-state index contributed by atoms with van der Waals surface area (Å²) in [5.41, 5.74) is 1.45. The second-order valence-corrected chi connectivity index (χ2v) is 4.72. The van der Waals surface area contributed by atoms with E-state index in [1.165, 1.54) is 7.11 Å². The molecule has 0 unspecified atom stereocenters. The number of benzene rings is 2. The molecule has 0 aliphatic heterocycles. The van der Waals surface area contributed by atoms with Crippen LogP contribution in [0.5, 0.6) is 11.5 Å². The van der Waals surface area contributed by atoms with Crippen LogP contribution in [-0.4, -0.2) is 20.2 Å². The number of methoxy groups -OCH3 is 1. The molecular weight excluding hydrogens is 292 g/mol. The van der Waals surface area contributed by atoms with E-state index in [-0.39, 0.29) is 6.79 Å². The summed E-state index contributed by atoms with van der Waals surface area (Å²) in [5, 5.41) is 0.685. The quantitative estimate of drug-likeness (QED) is 0.578. The van der Waals surface area contributed by atoms with Gasteiger partial charge in [-0.15, -0.1) is 0 Å². The van der Waals surface area contributed by atoms with Gasteiger partial charge in [0.2, 0.25) is 0 Å². The topological polar surface area (TPSA) is 44.8 Å². The molecule has 2 rings (SSSR count). The normalized spacial score (nSPS) is 10.2. The minimum Gasteiger partial charge on any atom is -0.489 e. The van der Waals surface area contributed by atoms with E-state index in [1.807, 2.05) is 24.3 Å². The lowest BCUT2D eigenvalue weighted by Gasteiger charge is -2.11. The molecule has 0 aliphatic rings. The van der Waals surface area contributed by atoms with E-state index in [4.69, 9.17) is 25.8 Å². The third-order valence-corrected chi connectivity index (χ3v) is 3.02. The summed E-state index contributed by atoms with van der Waals surface area (Å²) >= 11 is 5.83. The molecule has 0 aromatic heterocycles. The van der Waals surface area contributed by atoms with E-state index in [0.717, 1.165) is 11.8 Å². The minimum atomic E-state index is 0.0709. The Kier molecular flexibility index (Phi) is 5.60. The fourth-order valence-corrected chi connectivity index (χ4v) is 1.82. The minimum absolute atomic E-state index is 0.0709. The number of aldehydes is 1. The molecule has 0 N–H and O–H groups in total. The number of carbonyl (C=O) groups is 1. The molecule has 0 aliphatic carbocycles. The van der Waals surface area contributed by atoms with Gasteiger partial charge in [-0.2, -0.15) is 0 Å². The molecule has 5 heteroatoms. The molecule has 0 radical (unpaired) electrons. The molecule has 110 valence electrons. The number of hydrogen-bond donors (Lipinski definition) is 0. The predicted octanol–water partition coefficient (Wildman–Crippen LogP) is 3.71. The Labute approximate surface area is 128 Å². The van der Waals surface area contributed by atoms with Gasteiger partial charge in [-0.3, -0.25) is 4.79 Å². The number of halogens is 1. The van der Waals surface area contributed by atoms with Gasteiger partial charge in [-0.25, -0.2) is 0 Å². The Balaban J connectivity index is 2.05. The van der Waals surface area contributed by atoms with Crippen LogP contribution < -0.4 is 9.47 Å². The van der Waals surface area contributed by atoms with E-state index in [0.29, 0.717) is 28.7 Å². The van der Waals surface area contributed by atoms with Gasteiger partial charge in [0.15, 0.2) is 13.1 Å². The van der Waals surface area contributed by atoms with Gasteiger partial charge < -0.3 is 14.2 Å². The maximum atomic E-state index is 10.9. The van der Waals surface area contributed by atoms with Crippen molar-refractivity contribution in [1.29, 1.82) is 0 Å². The van der Waals surface area contributed by atoms with Gasteiger partial charge in [0, 0.05) is 18.2 Å². The monoisotopic (exact) mass is 306 g/mol. The summed E-state index contributed by atoms with van der Waals surface area (Å²) < 4.78 is 15.8. The molecule has 4 nitrogen and oxygen atoms in total. The lowest BCUT2D eigenvalue weighted by atomic mass is 10.2. The van der Waals surface area contributed by atoms with Crippen molar-refractivity contribution in [2.24, 2.45) is 0 Å². The van der Waals surface area contributed by atoms with Gasteiger partial charge >= 0.3 is 0 Å². The van der Waals surface area contributed by atoms with Gasteiger partial charge in [0.1, 0.15) is 18.1 Å². The molecule has 21 heavy (non-hydrogen) atoms. The molecule has 0 fully saturated rings. The van der Waals surface area contributed by atoms with E-state index in [1.54, 1.807) is 18.2 Å². The highest BCUT2D eigenvalue weighted by molar-refractivity contribution is 6.30. The Morgan fingerprint density at radius 3 is 2.52 bits per heavy atom. The average Bonchev–Trinajstić information content (AvgIpc) is 2.52. The fourth-order valence-electron chi connectivity index (χ4n) is 1.70. The van der Waals surface area contributed by atoms with Crippen molar-refractivity contribution in [3.63, 3.8) is 0 Å². The van der Waals surface area contributed by atoms with Crippen LogP contribution in [-0.2, 0) is 11.3 Å². The largest absolute Gasteiger partial charge is 0.489 e. The van der Waals surface area contributed by atoms with Crippen molar-refractivity contribution in [1.82, 2.24) is 0 Å². The van der Waals surface area contributed by atoms with Crippen molar-refractivity contribution in [2.45, 2.75) is 6.61 Å². The number of rotatable bonds is 7. The molecular formula is C16H15ClO4. The first-order valence-electron chi connectivity index (χ1n) is 6.31. The molecule has 2 aromatic rings. The lowest BCUT2D eigenvalue weighted by Crippen LogP contribution is -2.02. The van der Waals surface area contributed by atoms with Crippen LogP contribution in [0.25, 0.3) is 0 Å². The van der Waals surface area contributed by atoms with Crippen LogP contribution in [0.3, 0.4) is 0 Å². The van der Waals surface area contributed by atoms with Crippen LogP contribution in [0.4, 0.5) is 0 Å². The average molecular weight is 307 g/mol. The molecule has 0 saturated carbocycles. The summed E-state index contributed by atoms with van der Waals surface area (Å²) in [4.78, 5) is 10.9. The van der Waals surface area contributed by atoms with Gasteiger partial charge in [-0.1, -0.05) is 23.7 Å². The number of hydrogen-bond acceptors (Lipinski definition) is 4. The van der Waals surface area contributed by atoms with Crippen molar-refractivity contribution in [3.8, 4) is 11.5 Å². The molecule has 0 bridgehead atoms.